The third-order valence-electron chi connectivity index (χ3n) is 21.1. The van der Waals surface area contributed by atoms with Crippen molar-refractivity contribution >= 4 is 48.9 Å². The fraction of sp³-hybridized carbons (Fsp3) is 0.538. The maximum absolute atomic E-state index is 14.8. The minimum absolute atomic E-state index is 0. The predicted molar refractivity (Wildman–Crippen MR) is 439 cm³/mol. The van der Waals surface area contributed by atoms with Crippen LogP contribution in [0.15, 0.2) is 171 Å². The van der Waals surface area contributed by atoms with Crippen LogP contribution in [0.3, 0.4) is 0 Å². The van der Waals surface area contributed by atoms with E-state index in [-0.39, 0.29) is 78.6 Å². The zero-order chi connectivity index (χ0) is 75.8. The molecule has 11 heteroatoms. The van der Waals surface area contributed by atoms with Crippen LogP contribution >= 0.6 is 37.2 Å². The number of ether oxygens (including phenoxy) is 1. The number of rotatable bonds is 39. The van der Waals surface area contributed by atoms with Crippen molar-refractivity contribution in [1.29, 1.82) is 0 Å². The molecule has 4 atom stereocenters. The van der Waals surface area contributed by atoms with Crippen LogP contribution in [0, 0.1) is 0 Å². The standard InChI is InChI=1S/C74H103F5.C12H16O.C4H8.CH4.4ClH.Ti/c1-55(2)56-22-32-65(33-23-56)70(3,4)45-15-20-57(21-16-50-75)60-24-34-67(35-25-60)72(7,8)47-42-58(18-13-14-19-59(44-52-77)62-28-38-69(39-29-62)74(11,12)49-53-78)61-26-36-68(37-27-61)73(9,10)48-43-64(54-79)63-30-40-66(41-31-63)71(5,6)46-17-51-76;1-5-10-6-8-11(9-7-10)12(2,3)13-4;1-4(2)3;;;;;;/h22-41,57-59,64H,1,13-21,42-54H2,2-12H3;5-9H,1H2,2-4H3;1H2,2-3H3;1H4;4*1H;/q;;;;;;;;+4/p-4. The topological polar surface area (TPSA) is 9.23 Å². The molecule has 6 aromatic carbocycles. The molecule has 0 heterocycles. The normalized spacial score (nSPS) is 13.3. The Balaban J connectivity index is 0.00000131. The second-order valence-corrected chi connectivity index (χ2v) is 47.7. The molecule has 6 aromatic rings. The van der Waals surface area contributed by atoms with Crippen LogP contribution < -0.4 is 0 Å². The number of hydrogen-bond acceptors (Lipinski definition) is 1. The van der Waals surface area contributed by atoms with E-state index in [1.54, 1.807) is 7.11 Å². The molecule has 0 saturated heterocycles. The Labute approximate surface area is 638 Å². The number of alkyl halides is 5. The molecule has 0 aromatic heterocycles. The van der Waals surface area contributed by atoms with Gasteiger partial charge in [-0.25, -0.2) is 0 Å². The summed E-state index contributed by atoms with van der Waals surface area (Å²) >= 11 is -3.11. The van der Waals surface area contributed by atoms with E-state index in [1.807, 2.05) is 39.0 Å². The van der Waals surface area contributed by atoms with E-state index in [2.05, 4.69) is 236 Å². The van der Waals surface area contributed by atoms with Gasteiger partial charge in [-0.15, -0.1) is 6.58 Å². The van der Waals surface area contributed by atoms with Gasteiger partial charge in [-0.2, -0.15) is 0 Å². The van der Waals surface area contributed by atoms with Gasteiger partial charge in [0, 0.05) is 13.0 Å². The van der Waals surface area contributed by atoms with E-state index in [4.69, 9.17) is 42.0 Å². The molecule has 0 spiro atoms. The second kappa shape index (κ2) is 45.6. The van der Waals surface area contributed by atoms with Crippen LogP contribution in [0.25, 0.3) is 11.6 Å². The van der Waals surface area contributed by atoms with Crippen LogP contribution in [0.1, 0.15) is 311 Å². The number of halogens is 9. The number of hydrogen-bond donors (Lipinski definition) is 0. The molecule has 4 unspecified atom stereocenters. The second-order valence-electron chi connectivity index (χ2n) is 32.2. The molecule has 0 aliphatic carbocycles. The van der Waals surface area contributed by atoms with Crippen molar-refractivity contribution in [1.82, 2.24) is 0 Å². The van der Waals surface area contributed by atoms with E-state index >= 15 is 0 Å². The van der Waals surface area contributed by atoms with Crippen LogP contribution in [0.2, 0.25) is 0 Å². The van der Waals surface area contributed by atoms with Gasteiger partial charge in [-0.05, 0) is 236 Å². The number of methoxy groups -OCH3 is 1. The van der Waals surface area contributed by atoms with Crippen LogP contribution in [-0.2, 0) is 49.8 Å². The SMILES string of the molecule is C.C=C(C)C.C=C(C)c1ccc(C(C)(C)CCCC(CCCF)c2ccc(C(C)(C)CCC(CCCCC(CCF)c3ccc(C(C)(C)CCF)cc3)c3ccc(C(C)(C)CCC(CF)c4ccc(C(C)(C)CCCF)cc4)cc3)cc2)cc1.C=Cc1ccc(C(C)(C)OC)cc1.[Cl][Ti]([Cl])([Cl])[Cl]. The van der Waals surface area contributed by atoms with Gasteiger partial charge in [0.2, 0.25) is 0 Å². The molecule has 0 radical (unpaired) electrons. The van der Waals surface area contributed by atoms with Crippen molar-refractivity contribution in [2.45, 2.75) is 277 Å². The van der Waals surface area contributed by atoms with E-state index in [1.165, 1.54) is 50.1 Å². The predicted octanol–water partition coefficient (Wildman–Crippen LogP) is 30.9. The Morgan fingerprint density at radius 2 is 0.676 bits per heavy atom. The van der Waals surface area contributed by atoms with Gasteiger partial charge >= 0.3 is 49.6 Å². The molecule has 1 nitrogen and oxygen atoms in total. The number of benzene rings is 6. The van der Waals surface area contributed by atoms with Crippen molar-refractivity contribution in [2.24, 2.45) is 0 Å². The van der Waals surface area contributed by atoms with Crippen LogP contribution in [0.5, 0.6) is 0 Å². The van der Waals surface area contributed by atoms with Crippen molar-refractivity contribution in [3.63, 3.8) is 0 Å². The minimum atomic E-state index is -3.11. The summed E-state index contributed by atoms with van der Waals surface area (Å²) < 4.78 is 74.3. The van der Waals surface area contributed by atoms with E-state index in [0.717, 1.165) is 111 Å². The Morgan fingerprint density at radius 3 is 1.01 bits per heavy atom. The zero-order valence-electron chi connectivity index (χ0n) is 64.7. The molecule has 0 saturated carbocycles. The van der Waals surface area contributed by atoms with Crippen molar-refractivity contribution in [3.8, 4) is 0 Å². The number of unbranched alkanes of at least 4 members (excludes halogenated alkanes) is 1. The third kappa shape index (κ3) is 33.4. The Hall–Kier alpha value is -3.98. The molecule has 0 bridgehead atoms. The van der Waals surface area contributed by atoms with Gasteiger partial charge in [0.05, 0.1) is 39.0 Å². The van der Waals surface area contributed by atoms with Crippen LogP contribution in [0.4, 0.5) is 22.0 Å². The third-order valence-corrected chi connectivity index (χ3v) is 21.1. The molecule has 0 N–H and O–H groups in total. The average Bonchev–Trinajstić information content (AvgIpc) is 0.834. The van der Waals surface area contributed by atoms with Gasteiger partial charge < -0.3 is 4.74 Å². The molecule has 0 aliphatic heterocycles. The molecule has 102 heavy (non-hydrogen) atoms. The first-order valence-corrected chi connectivity index (χ1v) is 45.6. The van der Waals surface area contributed by atoms with Gasteiger partial charge in [0.1, 0.15) is 0 Å². The Kier molecular flexibility index (Phi) is 42.1. The Morgan fingerprint density at radius 1 is 0.382 bits per heavy atom. The Bertz CT molecular complexity index is 3280. The summed E-state index contributed by atoms with van der Waals surface area (Å²) in [6.45, 7) is 42.2. The van der Waals surface area contributed by atoms with Gasteiger partial charge in [0.25, 0.3) is 0 Å². The molecule has 0 aliphatic rings. The molecular weight excluding hydrogens is 1390 g/mol. The van der Waals surface area contributed by atoms with Gasteiger partial charge in [0.15, 0.2) is 0 Å². The van der Waals surface area contributed by atoms with E-state index in [9.17, 15) is 22.0 Å². The summed E-state index contributed by atoms with van der Waals surface area (Å²) in [6, 6.07) is 52.6. The van der Waals surface area contributed by atoms with E-state index < -0.39 is 19.0 Å². The monoisotopic (exact) mass is 1520 g/mol. The molecule has 568 valence electrons. The quantitative estimate of drug-likeness (QED) is 0.0162. The van der Waals surface area contributed by atoms with Crippen LogP contribution in [-0.4, -0.2) is 40.5 Å². The van der Waals surface area contributed by atoms with E-state index in [0.29, 0.717) is 37.5 Å². The summed E-state index contributed by atoms with van der Waals surface area (Å²) in [5.41, 5.74) is 16.0. The number of allylic oxidation sites excluding steroid dienone is 2. The first-order chi connectivity index (χ1) is 47.3. The first-order valence-electron chi connectivity index (χ1n) is 37.0. The van der Waals surface area contributed by atoms with Crippen molar-refractivity contribution in [2.75, 3.05) is 40.5 Å². The van der Waals surface area contributed by atoms with Crippen molar-refractivity contribution in [3.05, 3.63) is 238 Å². The summed E-state index contributed by atoms with van der Waals surface area (Å²) in [5, 5.41) is 0. The fourth-order valence-corrected chi connectivity index (χ4v) is 13.5. The summed E-state index contributed by atoms with van der Waals surface area (Å²) in [7, 11) is 21.8. The van der Waals surface area contributed by atoms with Gasteiger partial charge in [-0.1, -0.05) is 272 Å². The summed E-state index contributed by atoms with van der Waals surface area (Å²) in [4.78, 5) is 0. The molecular formula is C91H131Cl4F5OTi. The first kappa shape index (κ1) is 94.1. The summed E-state index contributed by atoms with van der Waals surface area (Å²) in [5.74, 6) is 0.610. The fourth-order valence-electron chi connectivity index (χ4n) is 13.5. The molecule has 0 fully saturated rings. The average molecular weight is 1530 g/mol. The summed E-state index contributed by atoms with van der Waals surface area (Å²) in [6.07, 6.45) is 16.3. The molecule has 6 rings (SSSR count). The zero-order valence-corrected chi connectivity index (χ0v) is 69.3. The van der Waals surface area contributed by atoms with Gasteiger partial charge in [-0.3, -0.25) is 22.0 Å². The van der Waals surface area contributed by atoms with Crippen molar-refractivity contribution < 1.29 is 39.0 Å². The maximum atomic E-state index is 14.8. The molecule has 0 amide bonds.